The van der Waals surface area contributed by atoms with Crippen LogP contribution in [0.15, 0.2) is 24.3 Å². The number of nitrogens with zero attached hydrogens (tertiary/aromatic N) is 2. The monoisotopic (exact) mass is 333 g/mol. The summed E-state index contributed by atoms with van der Waals surface area (Å²) < 4.78 is 0. The number of benzene rings is 1. The smallest absolute Gasteiger partial charge is 0.219 e. The van der Waals surface area contributed by atoms with Crippen molar-refractivity contribution in [3.63, 3.8) is 0 Å². The van der Waals surface area contributed by atoms with Crippen molar-refractivity contribution in [3.8, 4) is 0 Å². The first-order valence-corrected chi connectivity index (χ1v) is 9.69. The Morgan fingerprint density at radius 2 is 2.04 bits per heavy atom. The molecule has 5 heteroatoms. The van der Waals surface area contributed by atoms with Gasteiger partial charge in [-0.15, -0.1) is 0 Å². The fourth-order valence-electron chi connectivity index (χ4n) is 3.40. The molecular formula is C18H27N3OS. The topological polar surface area (TPSA) is 35.6 Å². The molecule has 2 fully saturated rings. The molecule has 1 aromatic rings. The zero-order chi connectivity index (χ0) is 16.1. The van der Waals surface area contributed by atoms with Gasteiger partial charge in [0, 0.05) is 57.1 Å². The normalized spacial score (nSPS) is 21.7. The van der Waals surface area contributed by atoms with Gasteiger partial charge in [0.1, 0.15) is 0 Å². The summed E-state index contributed by atoms with van der Waals surface area (Å²) in [5.74, 6) is 1.51. The van der Waals surface area contributed by atoms with Crippen molar-refractivity contribution in [1.82, 2.24) is 10.2 Å². The lowest BCUT2D eigenvalue weighted by atomic mass is 10.1. The molecule has 23 heavy (non-hydrogen) atoms. The summed E-state index contributed by atoms with van der Waals surface area (Å²) in [6.07, 6.45) is 2.72. The van der Waals surface area contributed by atoms with Gasteiger partial charge in [-0.3, -0.25) is 4.79 Å². The van der Waals surface area contributed by atoms with Gasteiger partial charge in [-0.2, -0.15) is 11.8 Å². The van der Waals surface area contributed by atoms with Crippen molar-refractivity contribution in [1.29, 1.82) is 0 Å². The number of nitrogens with one attached hydrogen (secondary N) is 1. The van der Waals surface area contributed by atoms with Crippen LogP contribution in [0.5, 0.6) is 0 Å². The molecule has 126 valence electrons. The summed E-state index contributed by atoms with van der Waals surface area (Å²) in [6, 6.07) is 8.67. The number of rotatable bonds is 5. The van der Waals surface area contributed by atoms with Gasteiger partial charge in [-0.25, -0.2) is 0 Å². The Bertz CT molecular complexity index is 523. The number of piperazine rings is 1. The molecule has 1 N–H and O–H groups in total. The molecule has 0 saturated carbocycles. The van der Waals surface area contributed by atoms with Gasteiger partial charge in [0.05, 0.1) is 0 Å². The van der Waals surface area contributed by atoms with E-state index in [-0.39, 0.29) is 5.91 Å². The van der Waals surface area contributed by atoms with Crippen LogP contribution < -0.4 is 10.2 Å². The fourth-order valence-corrected chi connectivity index (χ4v) is 4.64. The van der Waals surface area contributed by atoms with E-state index in [0.717, 1.165) is 44.5 Å². The quantitative estimate of drug-likeness (QED) is 0.897. The standard InChI is InChI=1S/C18H27N3OS/c1-15(22)20-8-10-21(11-9-20)18-7-3-2-5-16(18)13-19-14-17-6-4-12-23-17/h2-3,5,7,17,19H,4,6,8-14H2,1H3/t17-/m1/s1. The molecule has 1 amide bonds. The zero-order valence-electron chi connectivity index (χ0n) is 14.0. The van der Waals surface area contributed by atoms with E-state index in [2.05, 4.69) is 46.2 Å². The summed E-state index contributed by atoms with van der Waals surface area (Å²) >= 11 is 2.10. The number of para-hydroxylation sites is 1. The molecule has 2 aliphatic rings. The Hall–Kier alpha value is -1.20. The highest BCUT2D eigenvalue weighted by Crippen LogP contribution is 2.26. The van der Waals surface area contributed by atoms with E-state index >= 15 is 0 Å². The summed E-state index contributed by atoms with van der Waals surface area (Å²) in [5.41, 5.74) is 2.69. The lowest BCUT2D eigenvalue weighted by Gasteiger charge is -2.36. The van der Waals surface area contributed by atoms with E-state index in [1.165, 1.54) is 29.8 Å². The maximum absolute atomic E-state index is 11.5. The molecule has 1 atom stereocenters. The zero-order valence-corrected chi connectivity index (χ0v) is 14.8. The number of hydrogen-bond acceptors (Lipinski definition) is 4. The highest BCUT2D eigenvalue weighted by molar-refractivity contribution is 8.00. The minimum absolute atomic E-state index is 0.189. The van der Waals surface area contributed by atoms with Gasteiger partial charge >= 0.3 is 0 Å². The third-order valence-corrected chi connectivity index (χ3v) is 6.17. The van der Waals surface area contributed by atoms with Gasteiger partial charge < -0.3 is 15.1 Å². The number of anilines is 1. The van der Waals surface area contributed by atoms with Crippen molar-refractivity contribution in [3.05, 3.63) is 29.8 Å². The molecule has 0 spiro atoms. The number of amides is 1. The molecule has 4 nitrogen and oxygen atoms in total. The van der Waals surface area contributed by atoms with Crippen molar-refractivity contribution in [2.75, 3.05) is 43.4 Å². The molecule has 2 heterocycles. The molecule has 3 rings (SSSR count). The van der Waals surface area contributed by atoms with Crippen LogP contribution in [-0.2, 0) is 11.3 Å². The first-order valence-electron chi connectivity index (χ1n) is 8.65. The third-order valence-electron chi connectivity index (χ3n) is 4.77. The summed E-state index contributed by atoms with van der Waals surface area (Å²) in [5, 5.41) is 4.43. The van der Waals surface area contributed by atoms with Gasteiger partial charge in [0.2, 0.25) is 5.91 Å². The fraction of sp³-hybridized carbons (Fsp3) is 0.611. The minimum atomic E-state index is 0.189. The Kier molecular flexibility index (Phi) is 5.84. The third kappa shape index (κ3) is 4.42. The van der Waals surface area contributed by atoms with Crippen molar-refractivity contribution < 1.29 is 4.79 Å². The number of carbonyl (C=O) groups is 1. The maximum Gasteiger partial charge on any atom is 0.219 e. The average Bonchev–Trinajstić information content (AvgIpc) is 3.09. The highest BCUT2D eigenvalue weighted by atomic mass is 32.2. The Labute approximate surface area is 143 Å². The average molecular weight is 334 g/mol. The molecule has 2 saturated heterocycles. The number of carbonyl (C=O) groups excluding carboxylic acids is 1. The second-order valence-corrected chi connectivity index (χ2v) is 7.80. The van der Waals surface area contributed by atoms with Crippen LogP contribution in [0.3, 0.4) is 0 Å². The summed E-state index contributed by atoms with van der Waals surface area (Å²) in [4.78, 5) is 15.8. The molecular weight excluding hydrogens is 306 g/mol. The molecule has 0 aliphatic carbocycles. The lowest BCUT2D eigenvalue weighted by molar-refractivity contribution is -0.129. The maximum atomic E-state index is 11.5. The van der Waals surface area contributed by atoms with Crippen LogP contribution in [0, 0.1) is 0 Å². The van der Waals surface area contributed by atoms with E-state index in [4.69, 9.17) is 0 Å². The van der Waals surface area contributed by atoms with Crippen LogP contribution in [0.25, 0.3) is 0 Å². The second-order valence-electron chi connectivity index (χ2n) is 6.39. The number of thioether (sulfide) groups is 1. The highest BCUT2D eigenvalue weighted by Gasteiger charge is 2.20. The minimum Gasteiger partial charge on any atom is -0.368 e. The lowest BCUT2D eigenvalue weighted by Crippen LogP contribution is -2.48. The van der Waals surface area contributed by atoms with Crippen molar-refractivity contribution in [2.24, 2.45) is 0 Å². The van der Waals surface area contributed by atoms with E-state index in [0.29, 0.717) is 0 Å². The molecule has 0 bridgehead atoms. The second kappa shape index (κ2) is 8.06. The van der Waals surface area contributed by atoms with E-state index in [1.807, 2.05) is 4.90 Å². The molecule has 0 radical (unpaired) electrons. The van der Waals surface area contributed by atoms with Crippen LogP contribution in [0.4, 0.5) is 5.69 Å². The Morgan fingerprint density at radius 3 is 2.74 bits per heavy atom. The first kappa shape index (κ1) is 16.7. The van der Waals surface area contributed by atoms with Crippen LogP contribution in [0.1, 0.15) is 25.3 Å². The van der Waals surface area contributed by atoms with Crippen molar-refractivity contribution in [2.45, 2.75) is 31.6 Å². The van der Waals surface area contributed by atoms with Gasteiger partial charge in [-0.05, 0) is 30.2 Å². The number of hydrogen-bond donors (Lipinski definition) is 1. The van der Waals surface area contributed by atoms with E-state index in [9.17, 15) is 4.79 Å². The van der Waals surface area contributed by atoms with E-state index < -0.39 is 0 Å². The molecule has 0 unspecified atom stereocenters. The molecule has 1 aromatic carbocycles. The Morgan fingerprint density at radius 1 is 1.26 bits per heavy atom. The van der Waals surface area contributed by atoms with Crippen LogP contribution >= 0.6 is 11.8 Å². The van der Waals surface area contributed by atoms with Crippen LogP contribution in [-0.4, -0.2) is 54.5 Å². The van der Waals surface area contributed by atoms with Crippen molar-refractivity contribution >= 4 is 23.4 Å². The molecule has 0 aromatic heterocycles. The Balaban J connectivity index is 1.56. The molecule has 2 aliphatic heterocycles. The summed E-state index contributed by atoms with van der Waals surface area (Å²) in [6.45, 7) is 7.21. The van der Waals surface area contributed by atoms with Gasteiger partial charge in [0.15, 0.2) is 0 Å². The van der Waals surface area contributed by atoms with Crippen LogP contribution in [0.2, 0.25) is 0 Å². The van der Waals surface area contributed by atoms with E-state index in [1.54, 1.807) is 6.92 Å². The van der Waals surface area contributed by atoms with Gasteiger partial charge in [-0.1, -0.05) is 18.2 Å². The predicted octanol–water partition coefficient (Wildman–Crippen LogP) is 2.34. The predicted molar refractivity (Wildman–Crippen MR) is 98.1 cm³/mol. The van der Waals surface area contributed by atoms with Gasteiger partial charge in [0.25, 0.3) is 0 Å². The first-order chi connectivity index (χ1) is 11.2. The SMILES string of the molecule is CC(=O)N1CCN(c2ccccc2CNC[C@H]2CCCS2)CC1. The summed E-state index contributed by atoms with van der Waals surface area (Å²) in [7, 11) is 0. The largest absolute Gasteiger partial charge is 0.368 e.